The van der Waals surface area contributed by atoms with Crippen molar-refractivity contribution in [1.82, 2.24) is 9.47 Å². The smallest absolute Gasteiger partial charge is 0.254 e. The van der Waals surface area contributed by atoms with Crippen molar-refractivity contribution in [2.75, 3.05) is 6.54 Å². The van der Waals surface area contributed by atoms with Gasteiger partial charge in [0.05, 0.1) is 11.4 Å². The summed E-state index contributed by atoms with van der Waals surface area (Å²) in [7, 11) is 0. The number of aromatic nitrogens is 1. The van der Waals surface area contributed by atoms with Gasteiger partial charge in [-0.05, 0) is 88.8 Å². The van der Waals surface area contributed by atoms with E-state index < -0.39 is 0 Å². The van der Waals surface area contributed by atoms with Crippen LogP contribution in [0.5, 0.6) is 0 Å². The fourth-order valence-corrected chi connectivity index (χ4v) is 6.28. The van der Waals surface area contributed by atoms with Gasteiger partial charge in [-0.2, -0.15) is 0 Å². The monoisotopic (exact) mass is 450 g/mol. The minimum atomic E-state index is 0.114. The van der Waals surface area contributed by atoms with Crippen LogP contribution >= 0.6 is 0 Å². The third-order valence-electron chi connectivity index (χ3n) is 8.26. The molecule has 5 nitrogen and oxygen atoms in total. The molecule has 2 heterocycles. The zero-order valence-corrected chi connectivity index (χ0v) is 20.6. The number of likely N-dealkylation sites (tertiary alicyclic amines) is 1. The Labute approximate surface area is 198 Å². The van der Waals surface area contributed by atoms with Crippen molar-refractivity contribution in [2.24, 2.45) is 11.7 Å². The van der Waals surface area contributed by atoms with Crippen molar-refractivity contribution < 1.29 is 0 Å². The highest BCUT2D eigenvalue weighted by Crippen LogP contribution is 2.35. The summed E-state index contributed by atoms with van der Waals surface area (Å²) in [5, 5.41) is 9.04. The van der Waals surface area contributed by atoms with Crippen molar-refractivity contribution in [2.45, 2.75) is 103 Å². The third kappa shape index (κ3) is 5.51. The summed E-state index contributed by atoms with van der Waals surface area (Å²) in [4.78, 5) is 16.3. The van der Waals surface area contributed by atoms with Gasteiger partial charge >= 0.3 is 0 Å². The maximum absolute atomic E-state index is 13.6. The molecule has 2 unspecified atom stereocenters. The van der Waals surface area contributed by atoms with Gasteiger partial charge in [0.25, 0.3) is 5.56 Å². The molecule has 0 radical (unpaired) electrons. The topological polar surface area (TPSA) is 75.1 Å². The summed E-state index contributed by atoms with van der Waals surface area (Å²) in [5.41, 5.74) is 7.97. The number of para-hydroxylation sites is 1. The lowest BCUT2D eigenvalue weighted by Crippen LogP contribution is -2.44. The van der Waals surface area contributed by atoms with E-state index in [9.17, 15) is 4.79 Å². The number of pyridine rings is 1. The van der Waals surface area contributed by atoms with Crippen molar-refractivity contribution in [3.63, 3.8) is 0 Å². The Morgan fingerprint density at radius 1 is 1.00 bits per heavy atom. The number of hydrogen-bond donors (Lipinski definition) is 2. The number of amidine groups is 1. The van der Waals surface area contributed by atoms with E-state index in [1.807, 2.05) is 10.6 Å². The number of nitrogens with one attached hydrogen (secondary N) is 1. The molecular formula is C28H42N4O. The molecule has 1 aromatic heterocycles. The molecule has 1 aliphatic carbocycles. The number of nitrogens with zero attached hydrogens (tertiary/aromatic N) is 2. The van der Waals surface area contributed by atoms with Crippen LogP contribution in [0.3, 0.4) is 0 Å². The lowest BCUT2D eigenvalue weighted by atomic mass is 9.77. The number of aryl methyl sites for hydroxylation is 1. The molecule has 0 amide bonds. The summed E-state index contributed by atoms with van der Waals surface area (Å²) in [6.45, 7) is 6.69. The van der Waals surface area contributed by atoms with E-state index in [-0.39, 0.29) is 23.2 Å². The van der Waals surface area contributed by atoms with Gasteiger partial charge in [-0.15, -0.1) is 0 Å². The fourth-order valence-electron chi connectivity index (χ4n) is 6.28. The van der Waals surface area contributed by atoms with Crippen LogP contribution in [0, 0.1) is 11.3 Å². The second kappa shape index (κ2) is 10.9. The van der Waals surface area contributed by atoms with Crippen LogP contribution in [-0.4, -0.2) is 33.9 Å². The van der Waals surface area contributed by atoms with Crippen LogP contribution in [0.1, 0.15) is 89.5 Å². The number of hydrogen-bond acceptors (Lipinski definition) is 3. The van der Waals surface area contributed by atoms with Crippen molar-refractivity contribution >= 4 is 16.7 Å². The van der Waals surface area contributed by atoms with E-state index in [2.05, 4.69) is 43.0 Å². The van der Waals surface area contributed by atoms with Gasteiger partial charge in [-0.3, -0.25) is 15.1 Å². The molecule has 4 atom stereocenters. The van der Waals surface area contributed by atoms with Crippen molar-refractivity contribution in [3.05, 3.63) is 46.2 Å². The molecule has 4 rings (SSSR count). The Hall–Kier alpha value is -2.14. The van der Waals surface area contributed by atoms with Gasteiger partial charge in [0.2, 0.25) is 0 Å². The van der Waals surface area contributed by atoms with Gasteiger partial charge in [0.1, 0.15) is 0 Å². The van der Waals surface area contributed by atoms with E-state index >= 15 is 0 Å². The summed E-state index contributed by atoms with van der Waals surface area (Å²) in [5.74, 6) is 0.596. The van der Waals surface area contributed by atoms with Crippen LogP contribution in [0.15, 0.2) is 35.1 Å². The van der Waals surface area contributed by atoms with Gasteiger partial charge in [-0.25, -0.2) is 0 Å². The van der Waals surface area contributed by atoms with Gasteiger partial charge in [0, 0.05) is 30.1 Å². The Morgan fingerprint density at radius 3 is 2.45 bits per heavy atom. The van der Waals surface area contributed by atoms with Gasteiger partial charge in [0.15, 0.2) is 0 Å². The first-order valence-corrected chi connectivity index (χ1v) is 13.2. The molecule has 1 saturated heterocycles. The van der Waals surface area contributed by atoms with E-state index in [0.29, 0.717) is 12.1 Å². The van der Waals surface area contributed by atoms with Crippen LogP contribution in [0.4, 0.5) is 0 Å². The highest BCUT2D eigenvalue weighted by molar-refractivity contribution is 5.81. The molecule has 1 aliphatic heterocycles. The first-order chi connectivity index (χ1) is 16.0. The number of nitrogens with two attached hydrogens (primary N) is 1. The van der Waals surface area contributed by atoms with E-state index in [1.54, 1.807) is 0 Å². The van der Waals surface area contributed by atoms with Gasteiger partial charge in [-0.1, -0.05) is 37.5 Å². The fraction of sp³-hybridized carbons (Fsp3) is 0.643. The Morgan fingerprint density at radius 2 is 1.70 bits per heavy atom. The average molecular weight is 451 g/mol. The third-order valence-corrected chi connectivity index (χ3v) is 8.26. The van der Waals surface area contributed by atoms with Crippen LogP contribution < -0.4 is 11.3 Å². The summed E-state index contributed by atoms with van der Waals surface area (Å²) in [6.07, 6.45) is 11.2. The number of fused-ring (bicyclic) bond motifs is 1. The number of piperidine rings is 1. The molecule has 0 bridgehead atoms. The number of rotatable bonds is 8. The lowest BCUT2D eigenvalue weighted by Gasteiger charge is -2.39. The lowest BCUT2D eigenvalue weighted by molar-refractivity contribution is 0.101. The Bertz CT molecular complexity index is 1000. The first kappa shape index (κ1) is 24.0. The first-order valence-electron chi connectivity index (χ1n) is 13.2. The predicted octanol–water partition coefficient (Wildman–Crippen LogP) is 5.64. The molecule has 33 heavy (non-hydrogen) atoms. The Balaban J connectivity index is 1.46. The highest BCUT2D eigenvalue weighted by Gasteiger charge is 2.28. The molecule has 0 spiro atoms. The molecule has 2 fully saturated rings. The molecule has 5 heteroatoms. The maximum Gasteiger partial charge on any atom is 0.254 e. The summed E-state index contributed by atoms with van der Waals surface area (Å²) < 4.78 is 2.02. The molecule has 1 aromatic carbocycles. The largest absolute Gasteiger partial charge is 0.387 e. The normalized spacial score (nSPS) is 26.5. The number of benzene rings is 1. The quantitative estimate of drug-likeness (QED) is 0.310. The zero-order chi connectivity index (χ0) is 23.4. The Kier molecular flexibility index (Phi) is 7.90. The van der Waals surface area contributed by atoms with E-state index in [4.69, 9.17) is 11.1 Å². The summed E-state index contributed by atoms with van der Waals surface area (Å²) in [6, 6.07) is 11.8. The van der Waals surface area contributed by atoms with Crippen LogP contribution in [0.25, 0.3) is 10.9 Å². The average Bonchev–Trinajstić information content (AvgIpc) is 2.81. The maximum atomic E-state index is 13.6. The predicted molar refractivity (Wildman–Crippen MR) is 138 cm³/mol. The molecular weight excluding hydrogens is 408 g/mol. The summed E-state index contributed by atoms with van der Waals surface area (Å²) >= 11 is 0. The second-order valence-electron chi connectivity index (χ2n) is 10.6. The molecule has 2 aromatic rings. The standard InChI is InChI=1S/C28H42N4O/c1-20-10-8-11-21(2)31(20)16-6-3-7-17-32-26-15-5-4-12-23(26)19-25(28(32)33)22-13-9-14-24(18-22)27(29)30/h4-5,12,15,19-22,24H,3,6-11,13-14,16-18H2,1-2H3,(H3,29,30)/t20-,21+,22?,24?. The molecule has 2 aliphatic rings. The van der Waals surface area contributed by atoms with E-state index in [1.165, 1.54) is 32.2 Å². The zero-order valence-electron chi connectivity index (χ0n) is 20.6. The molecule has 3 N–H and O–H groups in total. The van der Waals surface area contributed by atoms with Crippen LogP contribution in [-0.2, 0) is 6.54 Å². The van der Waals surface area contributed by atoms with Crippen molar-refractivity contribution in [1.29, 1.82) is 5.41 Å². The van der Waals surface area contributed by atoms with Gasteiger partial charge < -0.3 is 10.3 Å². The molecule has 1 saturated carbocycles. The van der Waals surface area contributed by atoms with Crippen molar-refractivity contribution in [3.8, 4) is 0 Å². The molecule has 180 valence electrons. The van der Waals surface area contributed by atoms with Crippen LogP contribution in [0.2, 0.25) is 0 Å². The van der Waals surface area contributed by atoms with E-state index in [0.717, 1.165) is 61.5 Å². The second-order valence-corrected chi connectivity index (χ2v) is 10.6. The number of unbranched alkanes of at least 4 members (excludes halogenated alkanes) is 2. The minimum absolute atomic E-state index is 0.114. The minimum Gasteiger partial charge on any atom is -0.387 e. The highest BCUT2D eigenvalue weighted by atomic mass is 16.1. The SMILES string of the molecule is C[C@@H]1CCC[C@H](C)N1CCCCCn1c(=O)c(C2CCCC(C(=N)N)C2)cc2ccccc21.